The topological polar surface area (TPSA) is 65.5 Å². The molecule has 1 fully saturated rings. The van der Waals surface area contributed by atoms with E-state index in [1.54, 1.807) is 18.3 Å². The van der Waals surface area contributed by atoms with Crippen LogP contribution in [0.4, 0.5) is 0 Å². The van der Waals surface area contributed by atoms with Gasteiger partial charge in [0.1, 0.15) is 0 Å². The Morgan fingerprint density at radius 2 is 2.24 bits per heavy atom. The lowest BCUT2D eigenvalue weighted by Crippen LogP contribution is -2.43. The number of thiophene rings is 1. The van der Waals surface area contributed by atoms with Crippen LogP contribution < -0.4 is 5.32 Å². The second kappa shape index (κ2) is 8.89. The van der Waals surface area contributed by atoms with Gasteiger partial charge < -0.3 is 10.4 Å². The number of amides is 1. The van der Waals surface area contributed by atoms with Crippen molar-refractivity contribution in [2.45, 2.75) is 32.0 Å². The van der Waals surface area contributed by atoms with Crippen LogP contribution >= 0.6 is 11.3 Å². The molecule has 3 heterocycles. The van der Waals surface area contributed by atoms with Gasteiger partial charge in [-0.3, -0.25) is 14.7 Å². The Morgan fingerprint density at radius 1 is 1.40 bits per heavy atom. The van der Waals surface area contributed by atoms with Crippen molar-refractivity contribution < 1.29 is 9.90 Å². The van der Waals surface area contributed by atoms with Crippen LogP contribution in [0.1, 0.15) is 28.8 Å². The number of hydrogen-bond donors (Lipinski definition) is 2. The molecule has 6 heteroatoms. The first-order chi connectivity index (χ1) is 12.2. The Labute approximate surface area is 152 Å². The first-order valence-corrected chi connectivity index (χ1v) is 9.39. The fraction of sp³-hybridized carbons (Fsp3) is 0.368. The van der Waals surface area contributed by atoms with E-state index in [-0.39, 0.29) is 18.6 Å². The minimum atomic E-state index is -0.0512. The van der Waals surface area contributed by atoms with Gasteiger partial charge in [-0.05, 0) is 47.6 Å². The molecule has 0 spiro atoms. The first kappa shape index (κ1) is 17.8. The molecule has 132 valence electrons. The summed E-state index contributed by atoms with van der Waals surface area (Å²) in [5.41, 5.74) is 2.11. The van der Waals surface area contributed by atoms with E-state index >= 15 is 0 Å². The molecule has 2 aromatic heterocycles. The average Bonchev–Trinajstić information content (AvgIpc) is 3.11. The summed E-state index contributed by atoms with van der Waals surface area (Å²) in [6, 6.07) is 6.19. The minimum absolute atomic E-state index is 0.0359. The van der Waals surface area contributed by atoms with Crippen LogP contribution in [0.15, 0.2) is 42.0 Å². The van der Waals surface area contributed by atoms with E-state index in [4.69, 9.17) is 5.11 Å². The van der Waals surface area contributed by atoms with Crippen molar-refractivity contribution in [1.82, 2.24) is 15.2 Å². The van der Waals surface area contributed by atoms with Gasteiger partial charge in [-0.2, -0.15) is 0 Å². The normalized spacial score (nSPS) is 16.4. The van der Waals surface area contributed by atoms with Gasteiger partial charge in [-0.1, -0.05) is 6.07 Å². The molecular formula is C19H23N3O2S. The molecule has 5 nitrogen and oxygen atoms in total. The van der Waals surface area contributed by atoms with E-state index in [9.17, 15) is 4.79 Å². The van der Waals surface area contributed by atoms with Gasteiger partial charge in [0, 0.05) is 49.0 Å². The molecule has 2 aromatic rings. The smallest absolute Gasteiger partial charge is 0.244 e. The number of aromatic nitrogens is 1. The third kappa shape index (κ3) is 5.49. The van der Waals surface area contributed by atoms with Gasteiger partial charge >= 0.3 is 0 Å². The van der Waals surface area contributed by atoms with E-state index in [1.165, 1.54) is 16.9 Å². The molecule has 1 aliphatic heterocycles. The van der Waals surface area contributed by atoms with Crippen molar-refractivity contribution in [3.05, 3.63) is 58.1 Å². The minimum Gasteiger partial charge on any atom is -0.392 e. The maximum Gasteiger partial charge on any atom is 0.244 e. The SMILES string of the molecule is O=C(C=Cc1cc(CO)cs1)NC1CCN(Cc2cccnc2)CC1. The number of hydrogen-bond acceptors (Lipinski definition) is 5. The summed E-state index contributed by atoms with van der Waals surface area (Å²) in [4.78, 5) is 19.6. The summed E-state index contributed by atoms with van der Waals surface area (Å²) in [6.07, 6.45) is 9.01. The van der Waals surface area contributed by atoms with Gasteiger partial charge in [0.25, 0.3) is 0 Å². The molecule has 0 aliphatic carbocycles. The van der Waals surface area contributed by atoms with Crippen molar-refractivity contribution >= 4 is 23.3 Å². The molecule has 0 saturated carbocycles. The fourth-order valence-corrected chi connectivity index (χ4v) is 3.75. The number of nitrogens with zero attached hydrogens (tertiary/aromatic N) is 2. The second-order valence-electron chi connectivity index (χ2n) is 6.27. The van der Waals surface area contributed by atoms with Crippen LogP contribution in [-0.4, -0.2) is 40.0 Å². The lowest BCUT2D eigenvalue weighted by molar-refractivity contribution is -0.117. The van der Waals surface area contributed by atoms with Crippen molar-refractivity contribution in [2.24, 2.45) is 0 Å². The molecule has 1 aliphatic rings. The van der Waals surface area contributed by atoms with Gasteiger partial charge in [-0.25, -0.2) is 0 Å². The Morgan fingerprint density at radius 3 is 2.92 bits per heavy atom. The van der Waals surface area contributed by atoms with Crippen LogP contribution in [0.3, 0.4) is 0 Å². The van der Waals surface area contributed by atoms with Gasteiger partial charge in [0.05, 0.1) is 6.61 Å². The van der Waals surface area contributed by atoms with E-state index in [1.807, 2.05) is 23.7 Å². The van der Waals surface area contributed by atoms with Crippen molar-refractivity contribution in [3.63, 3.8) is 0 Å². The quantitative estimate of drug-likeness (QED) is 0.780. The number of pyridine rings is 1. The molecule has 0 unspecified atom stereocenters. The van der Waals surface area contributed by atoms with Crippen LogP contribution in [0, 0.1) is 0 Å². The second-order valence-corrected chi connectivity index (χ2v) is 7.21. The predicted molar refractivity (Wildman–Crippen MR) is 100.0 cm³/mol. The number of carbonyl (C=O) groups is 1. The summed E-state index contributed by atoms with van der Waals surface area (Å²) in [7, 11) is 0. The zero-order chi connectivity index (χ0) is 17.5. The molecule has 2 N–H and O–H groups in total. The summed E-state index contributed by atoms with van der Waals surface area (Å²) >= 11 is 1.52. The summed E-state index contributed by atoms with van der Waals surface area (Å²) in [5.74, 6) is -0.0512. The highest BCUT2D eigenvalue weighted by molar-refractivity contribution is 7.11. The molecule has 3 rings (SSSR count). The van der Waals surface area contributed by atoms with E-state index in [0.717, 1.165) is 42.9 Å². The first-order valence-electron chi connectivity index (χ1n) is 8.51. The van der Waals surface area contributed by atoms with Crippen molar-refractivity contribution in [1.29, 1.82) is 0 Å². The predicted octanol–water partition coefficient (Wildman–Crippen LogP) is 2.43. The summed E-state index contributed by atoms with van der Waals surface area (Å²) in [5, 5.41) is 14.0. The Kier molecular flexibility index (Phi) is 6.33. The molecule has 0 radical (unpaired) electrons. The van der Waals surface area contributed by atoms with Crippen LogP contribution in [-0.2, 0) is 17.9 Å². The Hall–Kier alpha value is -2.02. The van der Waals surface area contributed by atoms with E-state index in [2.05, 4.69) is 21.3 Å². The highest BCUT2D eigenvalue weighted by Crippen LogP contribution is 2.16. The average molecular weight is 357 g/mol. The number of aliphatic hydroxyl groups excluding tert-OH is 1. The highest BCUT2D eigenvalue weighted by atomic mass is 32.1. The maximum atomic E-state index is 12.1. The number of carbonyl (C=O) groups excluding carboxylic acids is 1. The maximum absolute atomic E-state index is 12.1. The Bertz CT molecular complexity index is 706. The van der Waals surface area contributed by atoms with E-state index in [0.29, 0.717) is 0 Å². The molecule has 25 heavy (non-hydrogen) atoms. The number of aliphatic hydroxyl groups is 1. The third-order valence-corrected chi connectivity index (χ3v) is 5.27. The molecule has 1 amide bonds. The number of piperidine rings is 1. The summed E-state index contributed by atoms with van der Waals surface area (Å²) in [6.45, 7) is 2.91. The molecule has 0 atom stereocenters. The third-order valence-electron chi connectivity index (χ3n) is 4.32. The van der Waals surface area contributed by atoms with Crippen molar-refractivity contribution in [3.8, 4) is 0 Å². The van der Waals surface area contributed by atoms with Crippen LogP contribution in [0.5, 0.6) is 0 Å². The lowest BCUT2D eigenvalue weighted by Gasteiger charge is -2.32. The standard InChI is InChI=1S/C19H23N3O2S/c23-13-16-10-18(25-14-16)3-4-19(24)21-17-5-8-22(9-6-17)12-15-2-1-7-20-11-15/h1-4,7,10-11,14,17,23H,5-6,8-9,12-13H2,(H,21,24). The zero-order valence-corrected chi connectivity index (χ0v) is 14.9. The summed E-state index contributed by atoms with van der Waals surface area (Å²) < 4.78 is 0. The zero-order valence-electron chi connectivity index (χ0n) is 14.1. The lowest BCUT2D eigenvalue weighted by atomic mass is 10.0. The van der Waals surface area contributed by atoms with Gasteiger partial charge in [-0.15, -0.1) is 11.3 Å². The molecule has 1 saturated heterocycles. The monoisotopic (exact) mass is 357 g/mol. The molecule has 0 bridgehead atoms. The fourth-order valence-electron chi connectivity index (χ4n) is 2.96. The van der Waals surface area contributed by atoms with Crippen LogP contribution in [0.2, 0.25) is 0 Å². The number of rotatable bonds is 6. The molecule has 0 aromatic carbocycles. The number of likely N-dealkylation sites (tertiary alicyclic amines) is 1. The Balaban J connectivity index is 1.41. The largest absolute Gasteiger partial charge is 0.392 e. The van der Waals surface area contributed by atoms with E-state index < -0.39 is 0 Å². The van der Waals surface area contributed by atoms with Crippen molar-refractivity contribution in [2.75, 3.05) is 13.1 Å². The van der Waals surface area contributed by atoms with Gasteiger partial charge in [0.2, 0.25) is 5.91 Å². The highest BCUT2D eigenvalue weighted by Gasteiger charge is 2.20. The van der Waals surface area contributed by atoms with Crippen LogP contribution in [0.25, 0.3) is 6.08 Å². The number of nitrogens with one attached hydrogen (secondary N) is 1. The molecular weight excluding hydrogens is 334 g/mol. The van der Waals surface area contributed by atoms with Gasteiger partial charge in [0.15, 0.2) is 0 Å².